The number of thiazole rings is 1. The zero-order chi connectivity index (χ0) is 16.2. The minimum Gasteiger partial charge on any atom is -0.308 e. The number of carbonyl (C=O) groups excluding carboxylic acids is 1. The third kappa shape index (κ3) is 4.23. The number of nitrogens with zero attached hydrogens (tertiary/aromatic N) is 1. The minimum absolute atomic E-state index is 0.229. The maximum atomic E-state index is 12.0. The van der Waals surface area contributed by atoms with Crippen LogP contribution < -0.4 is 10.6 Å². The van der Waals surface area contributed by atoms with E-state index < -0.39 is 0 Å². The number of nitrogens with one attached hydrogen (secondary N) is 2. The SMILES string of the molecule is O=C(NC(=S)Nc1nc(-c2ccc(Br)s2)cs1)c1ccccc1. The van der Waals surface area contributed by atoms with Gasteiger partial charge < -0.3 is 5.32 Å². The molecule has 2 N–H and O–H groups in total. The number of thiophene rings is 1. The number of aromatic nitrogens is 1. The quantitative estimate of drug-likeness (QED) is 0.596. The van der Waals surface area contributed by atoms with E-state index in [2.05, 4.69) is 31.5 Å². The van der Waals surface area contributed by atoms with Gasteiger partial charge in [-0.15, -0.1) is 22.7 Å². The number of rotatable bonds is 3. The first-order valence-electron chi connectivity index (χ1n) is 6.50. The summed E-state index contributed by atoms with van der Waals surface area (Å²) in [6.07, 6.45) is 0. The second kappa shape index (κ2) is 7.31. The van der Waals surface area contributed by atoms with Crippen molar-refractivity contribution >= 4 is 67.0 Å². The van der Waals surface area contributed by atoms with Gasteiger partial charge >= 0.3 is 0 Å². The van der Waals surface area contributed by atoms with E-state index in [-0.39, 0.29) is 11.0 Å². The maximum absolute atomic E-state index is 12.0. The van der Waals surface area contributed by atoms with Gasteiger partial charge in [0.2, 0.25) is 0 Å². The van der Waals surface area contributed by atoms with Crippen molar-refractivity contribution in [1.82, 2.24) is 10.3 Å². The zero-order valence-corrected chi connectivity index (χ0v) is 15.6. The Hall–Kier alpha value is -1.61. The fraction of sp³-hybridized carbons (Fsp3) is 0. The summed E-state index contributed by atoms with van der Waals surface area (Å²) >= 11 is 11.6. The molecule has 1 aromatic carbocycles. The number of halogens is 1. The third-order valence-corrected chi connectivity index (χ3v) is 5.42. The van der Waals surface area contributed by atoms with Gasteiger partial charge in [-0.25, -0.2) is 4.98 Å². The molecule has 3 rings (SSSR count). The standard InChI is InChI=1S/C15H10BrN3OS3/c16-12-7-6-11(23-12)10-8-22-15(17-10)19-14(21)18-13(20)9-4-2-1-3-5-9/h1-8H,(H2,17,18,19,20,21). The Morgan fingerprint density at radius 3 is 2.65 bits per heavy atom. The first kappa shape index (κ1) is 16.3. The molecule has 1 amide bonds. The summed E-state index contributed by atoms with van der Waals surface area (Å²) in [6.45, 7) is 0. The molecule has 8 heteroatoms. The first-order chi connectivity index (χ1) is 11.1. The van der Waals surface area contributed by atoms with E-state index in [1.807, 2.05) is 23.6 Å². The summed E-state index contributed by atoms with van der Waals surface area (Å²) in [6, 6.07) is 12.9. The van der Waals surface area contributed by atoms with Crippen molar-refractivity contribution in [2.45, 2.75) is 0 Å². The van der Waals surface area contributed by atoms with E-state index >= 15 is 0 Å². The molecule has 0 unspecified atom stereocenters. The van der Waals surface area contributed by atoms with Crippen LogP contribution >= 0.6 is 50.8 Å². The van der Waals surface area contributed by atoms with Crippen LogP contribution in [0.3, 0.4) is 0 Å². The number of hydrogen-bond donors (Lipinski definition) is 2. The van der Waals surface area contributed by atoms with E-state index in [1.54, 1.807) is 35.6 Å². The minimum atomic E-state index is -0.248. The number of amides is 1. The van der Waals surface area contributed by atoms with Crippen molar-refractivity contribution in [3.05, 3.63) is 57.2 Å². The molecule has 0 atom stereocenters. The van der Waals surface area contributed by atoms with Crippen LogP contribution in [0.5, 0.6) is 0 Å². The molecular formula is C15H10BrN3OS3. The normalized spacial score (nSPS) is 10.3. The number of anilines is 1. The largest absolute Gasteiger partial charge is 0.308 e. The van der Waals surface area contributed by atoms with Crippen LogP contribution in [-0.4, -0.2) is 16.0 Å². The molecule has 116 valence electrons. The Morgan fingerprint density at radius 1 is 1.17 bits per heavy atom. The van der Waals surface area contributed by atoms with Gasteiger partial charge in [0.25, 0.3) is 5.91 Å². The molecule has 2 aromatic heterocycles. The van der Waals surface area contributed by atoms with Gasteiger partial charge in [0, 0.05) is 10.9 Å². The third-order valence-electron chi connectivity index (χ3n) is 2.81. The van der Waals surface area contributed by atoms with Crippen molar-refractivity contribution in [3.8, 4) is 10.6 Å². The molecule has 0 aliphatic carbocycles. The van der Waals surface area contributed by atoms with Crippen LogP contribution in [0.4, 0.5) is 5.13 Å². The summed E-state index contributed by atoms with van der Waals surface area (Å²) in [4.78, 5) is 17.6. The lowest BCUT2D eigenvalue weighted by Gasteiger charge is -2.06. The van der Waals surface area contributed by atoms with Gasteiger partial charge in [0.1, 0.15) is 0 Å². The van der Waals surface area contributed by atoms with Gasteiger partial charge in [-0.05, 0) is 52.4 Å². The maximum Gasteiger partial charge on any atom is 0.257 e. The highest BCUT2D eigenvalue weighted by atomic mass is 79.9. The smallest absolute Gasteiger partial charge is 0.257 e. The topological polar surface area (TPSA) is 54.0 Å². The van der Waals surface area contributed by atoms with Gasteiger partial charge in [-0.1, -0.05) is 18.2 Å². The Bertz CT molecular complexity index is 845. The molecule has 2 heterocycles. The van der Waals surface area contributed by atoms with E-state index in [9.17, 15) is 4.79 Å². The highest BCUT2D eigenvalue weighted by Gasteiger charge is 2.10. The number of thiocarbonyl (C=S) groups is 1. The van der Waals surface area contributed by atoms with Crippen LogP contribution in [0.1, 0.15) is 10.4 Å². The molecule has 0 spiro atoms. The number of carbonyl (C=O) groups is 1. The first-order valence-corrected chi connectivity index (χ1v) is 9.40. The molecule has 0 aliphatic rings. The summed E-state index contributed by atoms with van der Waals surface area (Å²) in [7, 11) is 0. The van der Waals surface area contributed by atoms with Crippen molar-refractivity contribution in [2.75, 3.05) is 5.32 Å². The van der Waals surface area contributed by atoms with Crippen LogP contribution in [0.15, 0.2) is 51.6 Å². The highest BCUT2D eigenvalue weighted by molar-refractivity contribution is 9.11. The van der Waals surface area contributed by atoms with Crippen LogP contribution in [0, 0.1) is 0 Å². The molecule has 23 heavy (non-hydrogen) atoms. The van der Waals surface area contributed by atoms with Crippen LogP contribution in [0.2, 0.25) is 0 Å². The van der Waals surface area contributed by atoms with Gasteiger partial charge in [0.05, 0.1) is 14.4 Å². The van der Waals surface area contributed by atoms with Crippen molar-refractivity contribution in [1.29, 1.82) is 0 Å². The molecule has 0 fully saturated rings. The summed E-state index contributed by atoms with van der Waals surface area (Å²) < 4.78 is 1.06. The monoisotopic (exact) mass is 423 g/mol. The van der Waals surface area contributed by atoms with Gasteiger partial charge in [-0.3, -0.25) is 10.1 Å². The van der Waals surface area contributed by atoms with Gasteiger partial charge in [0.15, 0.2) is 10.2 Å². The number of benzene rings is 1. The molecule has 0 bridgehead atoms. The van der Waals surface area contributed by atoms with Crippen molar-refractivity contribution in [2.24, 2.45) is 0 Å². The second-order valence-electron chi connectivity index (χ2n) is 4.42. The predicted octanol–water partition coefficient (Wildman–Crippen LogP) is 4.76. The van der Waals surface area contributed by atoms with E-state index in [4.69, 9.17) is 12.2 Å². The Balaban J connectivity index is 1.62. The average Bonchev–Trinajstić information content (AvgIpc) is 3.17. The lowest BCUT2D eigenvalue weighted by Crippen LogP contribution is -2.34. The molecular weight excluding hydrogens is 414 g/mol. The predicted molar refractivity (Wildman–Crippen MR) is 103 cm³/mol. The van der Waals surface area contributed by atoms with Crippen molar-refractivity contribution < 1.29 is 4.79 Å². The fourth-order valence-electron chi connectivity index (χ4n) is 1.79. The van der Waals surface area contributed by atoms with Gasteiger partial charge in [-0.2, -0.15) is 0 Å². The molecule has 0 radical (unpaired) electrons. The summed E-state index contributed by atoms with van der Waals surface area (Å²) in [5.41, 5.74) is 1.44. The van der Waals surface area contributed by atoms with E-state index in [0.29, 0.717) is 10.7 Å². The van der Waals surface area contributed by atoms with E-state index in [1.165, 1.54) is 11.3 Å². The lowest BCUT2D eigenvalue weighted by molar-refractivity contribution is 0.0978. The Morgan fingerprint density at radius 2 is 1.96 bits per heavy atom. The summed E-state index contributed by atoms with van der Waals surface area (Å²) in [5, 5.41) is 8.40. The molecule has 0 saturated heterocycles. The average molecular weight is 424 g/mol. The lowest BCUT2D eigenvalue weighted by atomic mass is 10.2. The summed E-state index contributed by atoms with van der Waals surface area (Å²) in [5.74, 6) is -0.248. The van der Waals surface area contributed by atoms with Crippen LogP contribution in [0.25, 0.3) is 10.6 Å². The zero-order valence-electron chi connectivity index (χ0n) is 11.6. The highest BCUT2D eigenvalue weighted by Crippen LogP contribution is 2.32. The van der Waals surface area contributed by atoms with Crippen LogP contribution in [-0.2, 0) is 0 Å². The van der Waals surface area contributed by atoms with E-state index in [0.717, 1.165) is 14.4 Å². The Labute approximate surface area is 154 Å². The molecule has 4 nitrogen and oxygen atoms in total. The fourth-order valence-corrected chi connectivity index (χ4v) is 4.18. The van der Waals surface area contributed by atoms with Crippen molar-refractivity contribution in [3.63, 3.8) is 0 Å². The Kier molecular flexibility index (Phi) is 5.16. The second-order valence-corrected chi connectivity index (χ2v) is 8.15. The molecule has 0 aliphatic heterocycles. The number of hydrogen-bond acceptors (Lipinski definition) is 5. The molecule has 0 saturated carbocycles. The molecule has 3 aromatic rings.